The molecule has 1 aromatic heterocycles. The number of hydrogen-bond acceptors (Lipinski definition) is 4. The lowest BCUT2D eigenvalue weighted by atomic mass is 9.94. The molecule has 2 aliphatic rings. The Morgan fingerprint density at radius 2 is 1.69 bits per heavy atom. The van der Waals surface area contributed by atoms with Crippen LogP contribution in [0.25, 0.3) is 5.69 Å². The average Bonchev–Trinajstić information content (AvgIpc) is 3.37. The number of nitrogens with zero attached hydrogens (tertiary/aromatic N) is 4. The van der Waals surface area contributed by atoms with Gasteiger partial charge in [-0.2, -0.15) is 5.10 Å². The molecular weight excluding hydrogens is 332 g/mol. The first-order valence-electron chi connectivity index (χ1n) is 9.26. The van der Waals surface area contributed by atoms with Gasteiger partial charge in [-0.25, -0.2) is 4.68 Å². The van der Waals surface area contributed by atoms with Gasteiger partial charge >= 0.3 is 0 Å². The van der Waals surface area contributed by atoms with Crippen LogP contribution in [0.2, 0.25) is 0 Å². The molecule has 7 nitrogen and oxygen atoms in total. The normalized spacial score (nSPS) is 17.8. The van der Waals surface area contributed by atoms with Crippen LogP contribution >= 0.6 is 0 Å². The van der Waals surface area contributed by atoms with Gasteiger partial charge in [0.2, 0.25) is 0 Å². The minimum Gasteiger partial charge on any atom is -0.331 e. The Morgan fingerprint density at radius 3 is 2.31 bits per heavy atom. The van der Waals surface area contributed by atoms with Crippen LogP contribution in [0.5, 0.6) is 0 Å². The number of nitro groups is 1. The summed E-state index contributed by atoms with van der Waals surface area (Å²) in [5, 5.41) is 15.2. The van der Waals surface area contributed by atoms with Crippen molar-refractivity contribution in [2.24, 2.45) is 0 Å². The van der Waals surface area contributed by atoms with Gasteiger partial charge in [-0.05, 0) is 43.9 Å². The minimum absolute atomic E-state index is 0.0139. The zero-order chi connectivity index (χ0) is 18.1. The van der Waals surface area contributed by atoms with Gasteiger partial charge in [0.1, 0.15) is 0 Å². The molecule has 0 atom stereocenters. The van der Waals surface area contributed by atoms with Gasteiger partial charge in [-0.3, -0.25) is 14.9 Å². The van der Waals surface area contributed by atoms with E-state index < -0.39 is 4.92 Å². The lowest BCUT2D eigenvalue weighted by molar-refractivity contribution is -0.384. The van der Waals surface area contributed by atoms with Crippen molar-refractivity contribution in [3.63, 3.8) is 0 Å². The highest BCUT2D eigenvalue weighted by molar-refractivity contribution is 5.93. The van der Waals surface area contributed by atoms with Gasteiger partial charge in [0.05, 0.1) is 10.6 Å². The Balaban J connectivity index is 1.54. The fourth-order valence-electron chi connectivity index (χ4n) is 3.78. The van der Waals surface area contributed by atoms with Gasteiger partial charge in [0.15, 0.2) is 5.69 Å². The van der Waals surface area contributed by atoms with E-state index in [0.717, 1.165) is 25.7 Å². The van der Waals surface area contributed by atoms with Crippen LogP contribution in [0, 0.1) is 10.1 Å². The summed E-state index contributed by atoms with van der Waals surface area (Å²) in [7, 11) is 0. The smallest absolute Gasteiger partial charge is 0.274 e. The SMILES string of the molecule is O=C(c1ccn(-c2ccc([N+](=O)[O-])cc2)n1)N(C1CCCCC1)C1CC1. The molecule has 0 aliphatic heterocycles. The lowest BCUT2D eigenvalue weighted by Crippen LogP contribution is -2.43. The molecule has 0 unspecified atom stereocenters. The van der Waals surface area contributed by atoms with Crippen LogP contribution in [0.15, 0.2) is 36.5 Å². The van der Waals surface area contributed by atoms with Gasteiger partial charge < -0.3 is 4.90 Å². The second kappa shape index (κ2) is 6.90. The first-order chi connectivity index (χ1) is 12.6. The molecule has 4 rings (SSSR count). The predicted octanol–water partition coefficient (Wildman–Crippen LogP) is 3.72. The van der Waals surface area contributed by atoms with E-state index >= 15 is 0 Å². The zero-order valence-corrected chi connectivity index (χ0v) is 14.6. The molecule has 1 heterocycles. The summed E-state index contributed by atoms with van der Waals surface area (Å²) < 4.78 is 1.60. The number of non-ortho nitro benzene ring substituents is 1. The van der Waals surface area contributed by atoms with E-state index in [4.69, 9.17) is 0 Å². The molecule has 2 aromatic rings. The molecule has 2 aliphatic carbocycles. The van der Waals surface area contributed by atoms with Crippen molar-refractivity contribution in [2.45, 2.75) is 57.0 Å². The Bertz CT molecular complexity index is 804. The van der Waals surface area contributed by atoms with Crippen LogP contribution in [0.1, 0.15) is 55.4 Å². The fourth-order valence-corrected chi connectivity index (χ4v) is 3.78. The van der Waals surface area contributed by atoms with Crippen molar-refractivity contribution in [3.05, 3.63) is 52.3 Å². The highest BCUT2D eigenvalue weighted by Crippen LogP contribution is 2.34. The van der Waals surface area contributed by atoms with Crippen LogP contribution in [-0.4, -0.2) is 37.6 Å². The average molecular weight is 354 g/mol. The number of rotatable bonds is 5. The number of hydrogen-bond donors (Lipinski definition) is 0. The summed E-state index contributed by atoms with van der Waals surface area (Å²) in [4.78, 5) is 25.5. The molecule has 0 spiro atoms. The highest BCUT2D eigenvalue weighted by Gasteiger charge is 2.38. The maximum Gasteiger partial charge on any atom is 0.274 e. The van der Waals surface area contributed by atoms with Crippen LogP contribution in [0.4, 0.5) is 5.69 Å². The monoisotopic (exact) mass is 354 g/mol. The number of aromatic nitrogens is 2. The first kappa shape index (κ1) is 16.8. The summed E-state index contributed by atoms with van der Waals surface area (Å²) in [6.07, 6.45) is 9.74. The van der Waals surface area contributed by atoms with Crippen molar-refractivity contribution in [3.8, 4) is 5.69 Å². The Hall–Kier alpha value is -2.70. The maximum atomic E-state index is 13.1. The molecule has 2 fully saturated rings. The second-order valence-electron chi connectivity index (χ2n) is 7.15. The molecule has 1 amide bonds. The van der Waals surface area contributed by atoms with Gasteiger partial charge in [0.25, 0.3) is 11.6 Å². The summed E-state index contributed by atoms with van der Waals surface area (Å²) in [6.45, 7) is 0. The molecular formula is C19H22N4O3. The van der Waals surface area contributed by atoms with Crippen molar-refractivity contribution in [1.82, 2.24) is 14.7 Å². The van der Waals surface area contributed by atoms with E-state index in [-0.39, 0.29) is 11.6 Å². The quantitative estimate of drug-likeness (QED) is 0.605. The number of amides is 1. The number of benzene rings is 1. The lowest BCUT2D eigenvalue weighted by Gasteiger charge is -2.34. The molecule has 7 heteroatoms. The van der Waals surface area contributed by atoms with Crippen LogP contribution < -0.4 is 0 Å². The van der Waals surface area contributed by atoms with E-state index in [9.17, 15) is 14.9 Å². The van der Waals surface area contributed by atoms with Crippen molar-refractivity contribution < 1.29 is 9.72 Å². The van der Waals surface area contributed by atoms with E-state index in [0.29, 0.717) is 23.5 Å². The van der Waals surface area contributed by atoms with E-state index in [2.05, 4.69) is 10.00 Å². The van der Waals surface area contributed by atoms with E-state index in [1.807, 2.05) is 0 Å². The van der Waals surface area contributed by atoms with Gasteiger partial charge in [-0.1, -0.05) is 19.3 Å². The van der Waals surface area contributed by atoms with Crippen molar-refractivity contribution in [2.75, 3.05) is 0 Å². The third-order valence-corrected chi connectivity index (χ3v) is 5.28. The molecule has 0 bridgehead atoms. The summed E-state index contributed by atoms with van der Waals surface area (Å²) in [6, 6.07) is 8.61. The number of nitro benzene ring substituents is 1. The predicted molar refractivity (Wildman–Crippen MR) is 96.3 cm³/mol. The molecule has 0 radical (unpaired) electrons. The minimum atomic E-state index is -0.431. The third kappa shape index (κ3) is 3.34. The fraction of sp³-hybridized carbons (Fsp3) is 0.474. The van der Waals surface area contributed by atoms with Crippen LogP contribution in [0.3, 0.4) is 0 Å². The number of carbonyl (C=O) groups is 1. The van der Waals surface area contributed by atoms with Gasteiger partial charge in [-0.15, -0.1) is 0 Å². The standard InChI is InChI=1S/C19H22N4O3/c24-19(22(16-8-9-16)15-4-2-1-3-5-15)18-12-13-21(20-18)14-6-10-17(11-7-14)23(25)26/h6-7,10-13,15-16H,1-5,8-9H2. The molecule has 2 saturated carbocycles. The highest BCUT2D eigenvalue weighted by atomic mass is 16.6. The van der Waals surface area contributed by atoms with Crippen molar-refractivity contribution >= 4 is 11.6 Å². The molecule has 136 valence electrons. The Morgan fingerprint density at radius 1 is 1.04 bits per heavy atom. The Labute approximate surface area is 151 Å². The third-order valence-electron chi connectivity index (χ3n) is 5.28. The maximum absolute atomic E-state index is 13.1. The topological polar surface area (TPSA) is 81.3 Å². The van der Waals surface area contributed by atoms with E-state index in [1.54, 1.807) is 29.1 Å². The number of carbonyl (C=O) groups excluding carboxylic acids is 1. The molecule has 0 saturated heterocycles. The van der Waals surface area contributed by atoms with Crippen LogP contribution in [-0.2, 0) is 0 Å². The molecule has 0 N–H and O–H groups in total. The summed E-state index contributed by atoms with van der Waals surface area (Å²) in [5.41, 5.74) is 1.18. The Kier molecular flexibility index (Phi) is 4.44. The summed E-state index contributed by atoms with van der Waals surface area (Å²) in [5.74, 6) is 0.0139. The van der Waals surface area contributed by atoms with Gasteiger partial charge in [0, 0.05) is 30.4 Å². The second-order valence-corrected chi connectivity index (χ2v) is 7.15. The van der Waals surface area contributed by atoms with Crippen molar-refractivity contribution in [1.29, 1.82) is 0 Å². The molecule has 1 aromatic carbocycles. The zero-order valence-electron chi connectivity index (χ0n) is 14.6. The van der Waals surface area contributed by atoms with E-state index in [1.165, 1.54) is 31.4 Å². The largest absolute Gasteiger partial charge is 0.331 e. The first-order valence-corrected chi connectivity index (χ1v) is 9.26. The molecule has 26 heavy (non-hydrogen) atoms. The summed E-state index contributed by atoms with van der Waals surface area (Å²) >= 11 is 0.